The van der Waals surface area contributed by atoms with Crippen molar-refractivity contribution in [2.45, 2.75) is 182 Å². The number of hydrogen-bond donors (Lipinski definition) is 0. The first-order valence-electron chi connectivity index (χ1n) is 21.6. The Hall–Kier alpha value is -3.40. The molecule has 0 aromatic carbocycles. The van der Waals surface area contributed by atoms with E-state index in [-0.39, 0.29) is 0 Å². The maximum atomic E-state index is 2.31. The molecule has 52 heavy (non-hydrogen) atoms. The van der Waals surface area contributed by atoms with Gasteiger partial charge in [-0.1, -0.05) is 105 Å². The Balaban J connectivity index is 0.000000280. The molecule has 0 fully saturated rings. The van der Waals surface area contributed by atoms with E-state index in [4.69, 9.17) is 0 Å². The highest BCUT2D eigenvalue weighted by Crippen LogP contribution is 2.17. The zero-order chi connectivity index (χ0) is 36.9. The molecule has 4 nitrogen and oxygen atoms in total. The highest BCUT2D eigenvalue weighted by Gasteiger charge is 2.08. The second-order valence-corrected chi connectivity index (χ2v) is 15.0. The van der Waals surface area contributed by atoms with Crippen LogP contribution in [0.3, 0.4) is 0 Å². The van der Waals surface area contributed by atoms with Crippen molar-refractivity contribution in [3.63, 3.8) is 0 Å². The van der Waals surface area contributed by atoms with E-state index < -0.39 is 0 Å². The Kier molecular flexibility index (Phi) is 23.3. The third-order valence-electron chi connectivity index (χ3n) is 10.3. The quantitative estimate of drug-likeness (QED) is 0.0456. The lowest BCUT2D eigenvalue weighted by atomic mass is 10.1. The van der Waals surface area contributed by atoms with Crippen LogP contribution in [0.4, 0.5) is 0 Å². The molecule has 0 aliphatic rings. The van der Waals surface area contributed by atoms with Gasteiger partial charge in [0.1, 0.15) is 26.2 Å². The van der Waals surface area contributed by atoms with Gasteiger partial charge in [-0.05, 0) is 47.9 Å². The summed E-state index contributed by atoms with van der Waals surface area (Å²) < 4.78 is 9.26. The van der Waals surface area contributed by atoms with Crippen LogP contribution in [0.2, 0.25) is 0 Å². The predicted molar refractivity (Wildman–Crippen MR) is 220 cm³/mol. The summed E-state index contributed by atoms with van der Waals surface area (Å²) in [7, 11) is 0. The van der Waals surface area contributed by atoms with Gasteiger partial charge in [0.15, 0.2) is 49.6 Å². The van der Waals surface area contributed by atoms with Crippen molar-refractivity contribution >= 4 is 0 Å². The lowest BCUT2D eigenvalue weighted by Crippen LogP contribution is -2.33. The van der Waals surface area contributed by atoms with Crippen molar-refractivity contribution in [1.82, 2.24) is 0 Å². The van der Waals surface area contributed by atoms with Crippen LogP contribution in [0.25, 0.3) is 22.3 Å². The molecule has 0 aliphatic carbocycles. The minimum absolute atomic E-state index is 1.14. The summed E-state index contributed by atoms with van der Waals surface area (Å²) in [6, 6.07) is 18.0. The van der Waals surface area contributed by atoms with Gasteiger partial charge in [0.05, 0.1) is 0 Å². The summed E-state index contributed by atoms with van der Waals surface area (Å²) in [5, 5.41) is 0. The molecule has 4 heteroatoms. The average molecular weight is 709 g/mol. The molecular weight excluding hydrogens is 633 g/mol. The Morgan fingerprint density at radius 3 is 0.596 bits per heavy atom. The lowest BCUT2D eigenvalue weighted by molar-refractivity contribution is -0.697. The molecule has 0 atom stereocenters. The molecule has 0 radical (unpaired) electrons. The highest BCUT2D eigenvalue weighted by molar-refractivity contribution is 5.61. The third kappa shape index (κ3) is 18.4. The Morgan fingerprint density at radius 1 is 0.250 bits per heavy atom. The van der Waals surface area contributed by atoms with Gasteiger partial charge < -0.3 is 0 Å². The van der Waals surface area contributed by atoms with Crippen molar-refractivity contribution in [2.75, 3.05) is 0 Å². The van der Waals surface area contributed by atoms with E-state index in [0.29, 0.717) is 0 Å². The summed E-state index contributed by atoms with van der Waals surface area (Å²) in [5.74, 6) is 0. The fourth-order valence-electron chi connectivity index (χ4n) is 6.79. The molecule has 0 spiro atoms. The fourth-order valence-corrected chi connectivity index (χ4v) is 6.79. The van der Waals surface area contributed by atoms with Gasteiger partial charge in [-0.3, -0.25) is 0 Å². The summed E-state index contributed by atoms with van der Waals surface area (Å²) in [6.45, 7) is 13.6. The number of rotatable bonds is 26. The van der Waals surface area contributed by atoms with Crippen LogP contribution >= 0.6 is 0 Å². The lowest BCUT2D eigenvalue weighted by Gasteiger charge is -2.02. The molecule has 4 aromatic rings. The summed E-state index contributed by atoms with van der Waals surface area (Å²) in [4.78, 5) is 0. The Morgan fingerprint density at radius 2 is 0.423 bits per heavy atom. The van der Waals surface area contributed by atoms with Crippen molar-refractivity contribution < 1.29 is 18.3 Å². The molecule has 4 aromatic heterocycles. The first kappa shape index (κ1) is 43.0. The van der Waals surface area contributed by atoms with Crippen molar-refractivity contribution in [2.24, 2.45) is 0 Å². The molecule has 0 unspecified atom stereocenters. The molecule has 4 rings (SSSR count). The van der Waals surface area contributed by atoms with Gasteiger partial charge in [-0.15, -0.1) is 0 Å². The first-order valence-corrected chi connectivity index (χ1v) is 21.6. The van der Waals surface area contributed by atoms with Crippen LogP contribution in [0, 0.1) is 0 Å². The van der Waals surface area contributed by atoms with E-state index in [2.05, 4.69) is 144 Å². The van der Waals surface area contributed by atoms with Crippen molar-refractivity contribution in [3.8, 4) is 22.3 Å². The number of aromatic nitrogens is 4. The van der Waals surface area contributed by atoms with Crippen LogP contribution in [0.1, 0.15) is 156 Å². The van der Waals surface area contributed by atoms with Crippen LogP contribution < -0.4 is 18.3 Å². The zero-order valence-corrected chi connectivity index (χ0v) is 34.0. The second kappa shape index (κ2) is 28.1. The molecule has 0 N–H and O–H groups in total. The minimum Gasteiger partial charge on any atom is -0.205 e. The predicted octanol–water partition coefficient (Wildman–Crippen LogP) is 11.7. The molecule has 0 saturated heterocycles. The molecule has 0 bridgehead atoms. The maximum Gasteiger partial charge on any atom is 0.169 e. The Labute approximate surface area is 320 Å². The maximum absolute atomic E-state index is 2.31. The number of aryl methyl sites for hydroxylation is 4. The van der Waals surface area contributed by atoms with Crippen molar-refractivity contribution in [1.29, 1.82) is 0 Å². The smallest absolute Gasteiger partial charge is 0.169 e. The first-order chi connectivity index (χ1) is 25.7. The summed E-state index contributed by atoms with van der Waals surface area (Å²) in [5.41, 5.74) is 5.23. The van der Waals surface area contributed by atoms with Gasteiger partial charge in [-0.25, -0.2) is 18.3 Å². The molecule has 0 aliphatic heterocycles. The van der Waals surface area contributed by atoms with E-state index in [1.54, 1.807) is 0 Å². The van der Waals surface area contributed by atoms with E-state index in [1.807, 2.05) is 0 Å². The standard InChI is InChI=1S/2C24H38N2/c2*1-3-5-7-9-11-17-25-19-13-23(14-20-25)24-15-21-26(22-16-24)18-12-10-8-6-4-2/h2*13-16,19-22H,3-12,17-18H2,1-2H3/q2*+2. The molecule has 284 valence electrons. The number of nitrogens with zero attached hydrogens (tertiary/aromatic N) is 4. The number of unbranched alkanes of at least 4 members (excludes halogenated alkanes) is 16. The molecule has 4 heterocycles. The van der Waals surface area contributed by atoms with Gasteiger partial charge in [0.25, 0.3) is 0 Å². The van der Waals surface area contributed by atoms with Crippen LogP contribution in [0.15, 0.2) is 98.1 Å². The van der Waals surface area contributed by atoms with Crippen LogP contribution in [0.5, 0.6) is 0 Å². The average Bonchev–Trinajstić information content (AvgIpc) is 3.19. The fraction of sp³-hybridized carbons (Fsp3) is 0.583. The van der Waals surface area contributed by atoms with Gasteiger partial charge >= 0.3 is 0 Å². The van der Waals surface area contributed by atoms with Gasteiger partial charge in [-0.2, -0.15) is 0 Å². The minimum atomic E-state index is 1.14. The van der Waals surface area contributed by atoms with Crippen LogP contribution in [-0.4, -0.2) is 0 Å². The number of hydrogen-bond acceptors (Lipinski definition) is 0. The van der Waals surface area contributed by atoms with Crippen molar-refractivity contribution in [3.05, 3.63) is 98.1 Å². The summed E-state index contributed by atoms with van der Waals surface area (Å²) in [6.07, 6.45) is 44.6. The van der Waals surface area contributed by atoms with E-state index in [1.165, 1.54) is 151 Å². The molecule has 0 amide bonds. The third-order valence-corrected chi connectivity index (χ3v) is 10.3. The highest BCUT2D eigenvalue weighted by atomic mass is 14.9. The Bertz CT molecular complexity index is 1170. The van der Waals surface area contributed by atoms with E-state index in [9.17, 15) is 0 Å². The van der Waals surface area contributed by atoms with E-state index >= 15 is 0 Å². The molecule has 0 saturated carbocycles. The van der Waals surface area contributed by atoms with E-state index in [0.717, 1.165) is 26.2 Å². The number of pyridine rings is 4. The molecular formula is C48H76N4+4. The summed E-state index contributed by atoms with van der Waals surface area (Å²) >= 11 is 0. The van der Waals surface area contributed by atoms with Gasteiger partial charge in [0, 0.05) is 74.2 Å². The zero-order valence-electron chi connectivity index (χ0n) is 34.0. The normalized spacial score (nSPS) is 11.0. The van der Waals surface area contributed by atoms with Crippen LogP contribution in [-0.2, 0) is 26.2 Å². The topological polar surface area (TPSA) is 15.5 Å². The van der Waals surface area contributed by atoms with Gasteiger partial charge in [0.2, 0.25) is 0 Å². The monoisotopic (exact) mass is 709 g/mol. The largest absolute Gasteiger partial charge is 0.205 e. The second-order valence-electron chi connectivity index (χ2n) is 15.0. The SMILES string of the molecule is CCCCCCC[n+]1ccc(-c2cc[n+](CCCCCCC)cc2)cc1.CCCCCCC[n+]1ccc(-c2cc[n+](CCCCCCC)cc2)cc1.